The zero-order chi connectivity index (χ0) is 19.2. The number of hydrogen-bond donors (Lipinski definition) is 1. The molecule has 0 aromatic heterocycles. The number of halogens is 1. The van der Waals surface area contributed by atoms with Gasteiger partial charge in [0.1, 0.15) is 0 Å². The lowest BCUT2D eigenvalue weighted by Crippen LogP contribution is -2.58. The maximum Gasteiger partial charge on any atom is 0.411 e. The van der Waals surface area contributed by atoms with Crippen LogP contribution in [0.25, 0.3) is 0 Å². The summed E-state index contributed by atoms with van der Waals surface area (Å²) in [6.45, 7) is 14.0. The van der Waals surface area contributed by atoms with Crippen LogP contribution in [0.4, 0.5) is 10.5 Å². The van der Waals surface area contributed by atoms with Crippen LogP contribution >= 0.6 is 11.6 Å². The van der Waals surface area contributed by atoms with Crippen molar-refractivity contribution in [1.82, 2.24) is 9.80 Å². The number of benzene rings is 1. The molecule has 1 unspecified atom stereocenters. The van der Waals surface area contributed by atoms with Crippen molar-refractivity contribution >= 4 is 23.4 Å². The van der Waals surface area contributed by atoms with Gasteiger partial charge in [0.25, 0.3) is 0 Å². The van der Waals surface area contributed by atoms with Crippen molar-refractivity contribution in [1.29, 1.82) is 0 Å². The largest absolute Gasteiger partial charge is 0.449 e. The molecular formula is C20H32ClN3O2. The number of hydrogen-bond acceptors (Lipinski definition) is 4. The second-order valence-corrected chi connectivity index (χ2v) is 8.43. The highest BCUT2D eigenvalue weighted by atomic mass is 35.5. The molecule has 0 radical (unpaired) electrons. The standard InChI is InChI=1S/C20H32ClN3O2/c1-16-15-23(12-13-24(16)20(2,3)4)11-5-6-14-26-19(25)22-18-9-7-17(21)8-10-18/h7-10,16H,5-6,11-15H2,1-4H3,(H,22,25). The maximum atomic E-state index is 11.8. The summed E-state index contributed by atoms with van der Waals surface area (Å²) in [7, 11) is 0. The second kappa shape index (κ2) is 9.58. The van der Waals surface area contributed by atoms with Gasteiger partial charge in [0.05, 0.1) is 6.61 Å². The summed E-state index contributed by atoms with van der Waals surface area (Å²) in [5.74, 6) is 0. The third-order valence-electron chi connectivity index (χ3n) is 4.77. The fourth-order valence-electron chi connectivity index (χ4n) is 3.52. The Morgan fingerprint density at radius 1 is 1.23 bits per heavy atom. The van der Waals surface area contributed by atoms with Crippen LogP contribution < -0.4 is 5.32 Å². The van der Waals surface area contributed by atoms with E-state index in [-0.39, 0.29) is 5.54 Å². The molecule has 1 N–H and O–H groups in total. The van der Waals surface area contributed by atoms with E-state index in [1.807, 2.05) is 0 Å². The lowest BCUT2D eigenvalue weighted by Gasteiger charge is -2.46. The summed E-state index contributed by atoms with van der Waals surface area (Å²) >= 11 is 5.82. The lowest BCUT2D eigenvalue weighted by molar-refractivity contribution is 0.0172. The fraction of sp³-hybridized carbons (Fsp3) is 0.650. The molecule has 0 saturated carbocycles. The van der Waals surface area contributed by atoms with E-state index < -0.39 is 6.09 Å². The van der Waals surface area contributed by atoms with Crippen LogP contribution in [0.3, 0.4) is 0 Å². The third-order valence-corrected chi connectivity index (χ3v) is 5.02. The highest BCUT2D eigenvalue weighted by Crippen LogP contribution is 2.21. The Bertz CT molecular complexity index is 571. The monoisotopic (exact) mass is 381 g/mol. The SMILES string of the molecule is CC1CN(CCCCOC(=O)Nc2ccc(Cl)cc2)CCN1C(C)(C)C. The average molecular weight is 382 g/mol. The number of piperazine rings is 1. The van der Waals surface area contributed by atoms with Gasteiger partial charge in [-0.15, -0.1) is 0 Å². The van der Waals surface area contributed by atoms with Crippen LogP contribution in [0.2, 0.25) is 5.02 Å². The molecule has 1 saturated heterocycles. The molecule has 1 aliphatic rings. The topological polar surface area (TPSA) is 44.8 Å². The van der Waals surface area contributed by atoms with Crippen LogP contribution in [-0.4, -0.2) is 60.3 Å². The summed E-state index contributed by atoms with van der Waals surface area (Å²) in [6, 6.07) is 7.55. The van der Waals surface area contributed by atoms with E-state index in [1.54, 1.807) is 24.3 Å². The van der Waals surface area contributed by atoms with Gasteiger partial charge in [-0.2, -0.15) is 0 Å². The number of ether oxygens (including phenoxy) is 1. The predicted octanol–water partition coefficient (Wildman–Crippen LogP) is 4.47. The number of carbonyl (C=O) groups excluding carboxylic acids is 1. The Morgan fingerprint density at radius 2 is 1.92 bits per heavy atom. The number of anilines is 1. The molecule has 1 heterocycles. The van der Waals surface area contributed by atoms with Gasteiger partial charge < -0.3 is 9.64 Å². The van der Waals surface area contributed by atoms with Crippen molar-refractivity contribution < 1.29 is 9.53 Å². The van der Waals surface area contributed by atoms with E-state index in [1.165, 1.54) is 0 Å². The molecule has 6 heteroatoms. The first-order valence-corrected chi connectivity index (χ1v) is 9.82. The highest BCUT2D eigenvalue weighted by molar-refractivity contribution is 6.30. The molecule has 1 aromatic carbocycles. The number of nitrogens with one attached hydrogen (secondary N) is 1. The van der Waals surface area contributed by atoms with Gasteiger partial charge in [-0.25, -0.2) is 4.79 Å². The molecule has 146 valence electrons. The van der Waals surface area contributed by atoms with Crippen LogP contribution in [-0.2, 0) is 4.74 Å². The Morgan fingerprint density at radius 3 is 2.54 bits per heavy atom. The van der Waals surface area contributed by atoms with Gasteiger partial charge in [0, 0.05) is 41.9 Å². The minimum absolute atomic E-state index is 0.233. The van der Waals surface area contributed by atoms with Gasteiger partial charge in [-0.1, -0.05) is 11.6 Å². The Kier molecular flexibility index (Phi) is 7.74. The first-order valence-electron chi connectivity index (χ1n) is 9.44. The summed E-state index contributed by atoms with van der Waals surface area (Å²) in [6.07, 6.45) is 1.50. The minimum Gasteiger partial charge on any atom is -0.449 e. The molecule has 1 amide bonds. The first kappa shape index (κ1) is 21.0. The van der Waals surface area contributed by atoms with Gasteiger partial charge in [-0.3, -0.25) is 10.2 Å². The zero-order valence-corrected chi connectivity index (χ0v) is 17.2. The molecule has 0 bridgehead atoms. The van der Waals surface area contributed by atoms with Crippen molar-refractivity contribution in [2.45, 2.75) is 52.1 Å². The van der Waals surface area contributed by atoms with Crippen LogP contribution in [0, 0.1) is 0 Å². The summed E-state index contributed by atoms with van der Waals surface area (Å²) < 4.78 is 5.24. The Balaban J connectivity index is 1.58. The maximum absolute atomic E-state index is 11.8. The van der Waals surface area contributed by atoms with E-state index in [0.29, 0.717) is 23.4 Å². The quantitative estimate of drug-likeness (QED) is 0.738. The van der Waals surface area contributed by atoms with Crippen molar-refractivity contribution in [3.8, 4) is 0 Å². The highest BCUT2D eigenvalue weighted by Gasteiger charge is 2.30. The van der Waals surface area contributed by atoms with Crippen molar-refractivity contribution in [3.05, 3.63) is 29.3 Å². The van der Waals surface area contributed by atoms with E-state index in [0.717, 1.165) is 39.0 Å². The smallest absolute Gasteiger partial charge is 0.411 e. The number of unbranched alkanes of at least 4 members (excludes halogenated alkanes) is 1. The lowest BCUT2D eigenvalue weighted by atomic mass is 10.0. The second-order valence-electron chi connectivity index (χ2n) is 7.99. The molecule has 26 heavy (non-hydrogen) atoms. The molecule has 0 aliphatic carbocycles. The van der Waals surface area contributed by atoms with E-state index in [9.17, 15) is 4.79 Å². The minimum atomic E-state index is -0.417. The molecule has 1 atom stereocenters. The third kappa shape index (κ3) is 6.78. The van der Waals surface area contributed by atoms with Gasteiger partial charge in [0.15, 0.2) is 0 Å². The molecule has 2 rings (SSSR count). The summed E-state index contributed by atoms with van der Waals surface area (Å²) in [5.41, 5.74) is 0.918. The van der Waals surface area contributed by atoms with Crippen LogP contribution in [0.1, 0.15) is 40.5 Å². The number of amides is 1. The molecule has 0 spiro atoms. The summed E-state index contributed by atoms with van der Waals surface area (Å²) in [4.78, 5) is 16.8. The van der Waals surface area contributed by atoms with E-state index in [4.69, 9.17) is 16.3 Å². The van der Waals surface area contributed by atoms with Crippen LogP contribution in [0.5, 0.6) is 0 Å². The molecule has 5 nitrogen and oxygen atoms in total. The number of nitrogens with zero attached hydrogens (tertiary/aromatic N) is 2. The zero-order valence-electron chi connectivity index (χ0n) is 16.4. The average Bonchev–Trinajstić information content (AvgIpc) is 2.55. The van der Waals surface area contributed by atoms with Crippen molar-refractivity contribution in [2.24, 2.45) is 0 Å². The van der Waals surface area contributed by atoms with Crippen molar-refractivity contribution in [3.63, 3.8) is 0 Å². The molecule has 1 aromatic rings. The van der Waals surface area contributed by atoms with Crippen LogP contribution in [0.15, 0.2) is 24.3 Å². The Labute approximate surface area is 162 Å². The van der Waals surface area contributed by atoms with Gasteiger partial charge in [-0.05, 0) is 71.3 Å². The van der Waals surface area contributed by atoms with Gasteiger partial charge >= 0.3 is 6.09 Å². The molecular weight excluding hydrogens is 350 g/mol. The van der Waals surface area contributed by atoms with Crippen molar-refractivity contribution in [2.75, 3.05) is 38.1 Å². The summed E-state index contributed by atoms with van der Waals surface area (Å²) in [5, 5.41) is 3.34. The van der Waals surface area contributed by atoms with E-state index in [2.05, 4.69) is 42.8 Å². The number of rotatable bonds is 6. The first-order chi connectivity index (χ1) is 12.3. The van der Waals surface area contributed by atoms with E-state index >= 15 is 0 Å². The normalized spacial score (nSPS) is 19.3. The fourth-order valence-corrected chi connectivity index (χ4v) is 3.65. The predicted molar refractivity (Wildman–Crippen MR) is 108 cm³/mol. The molecule has 1 fully saturated rings. The molecule has 1 aliphatic heterocycles. The number of carbonyl (C=O) groups is 1. The van der Waals surface area contributed by atoms with Gasteiger partial charge in [0.2, 0.25) is 0 Å². The Hall–Kier alpha value is -1.30.